The lowest BCUT2D eigenvalue weighted by Gasteiger charge is -2.28. The average molecular weight is 859 g/mol. The molecule has 2 heterocycles. The van der Waals surface area contributed by atoms with Crippen LogP contribution in [-0.2, 0) is 0 Å². The normalized spacial score (nSPS) is 13.0. The van der Waals surface area contributed by atoms with Crippen LogP contribution in [0.5, 0.6) is 11.5 Å². The van der Waals surface area contributed by atoms with Crippen molar-refractivity contribution in [3.8, 4) is 11.5 Å². The second kappa shape index (κ2) is 17.0. The second-order valence-electron chi connectivity index (χ2n) is 16.6. The number of hydrogen-bond donors (Lipinski definition) is 0. The van der Waals surface area contributed by atoms with E-state index in [1.807, 2.05) is 6.92 Å². The minimum absolute atomic E-state index is 0.562. The summed E-state index contributed by atoms with van der Waals surface area (Å²) in [5, 5.41) is 6.33. The van der Waals surface area contributed by atoms with Crippen LogP contribution in [-0.4, -0.2) is 13.7 Å². The van der Waals surface area contributed by atoms with Gasteiger partial charge in [-0.1, -0.05) is 111 Å². The fourth-order valence-corrected chi connectivity index (χ4v) is 9.39. The molecule has 0 spiro atoms. The molecule has 66 heavy (non-hydrogen) atoms. The van der Waals surface area contributed by atoms with Gasteiger partial charge in [0.2, 0.25) is 0 Å². The predicted octanol–water partition coefficient (Wildman–Crippen LogP) is 17.5. The van der Waals surface area contributed by atoms with Crippen LogP contribution in [0.25, 0.3) is 65.8 Å². The van der Waals surface area contributed by atoms with Gasteiger partial charge >= 0.3 is 0 Å². The molecule has 0 N–H and O–H groups in total. The molecule has 0 saturated heterocycles. The number of rotatable bonds is 12. The number of anilines is 6. The van der Waals surface area contributed by atoms with Crippen LogP contribution in [0.3, 0.4) is 0 Å². The Hall–Kier alpha value is -8.28. The highest BCUT2D eigenvalue weighted by atomic mass is 16.5. The number of methoxy groups -OCH3 is 1. The first kappa shape index (κ1) is 41.7. The quantitative estimate of drug-likeness (QED) is 0.114. The lowest BCUT2D eigenvalue weighted by molar-refractivity contribution is 0.388. The molecule has 0 radical (unpaired) electrons. The molecule has 0 amide bonds. The SMILES string of the molecule is C=CC(=C)c1ccc(N(c2ccc(C(C)=CC)c(OC)c2)c2ccc3oc4ccc(N(c5ccc(C(=C)C=C)cc5)c5ccc6c(c5)OCC6=CC)c5cccc(c6cccc2c36)c45)cc1. The molecule has 0 unspecified atom stereocenters. The Morgan fingerprint density at radius 1 is 0.591 bits per heavy atom. The van der Waals surface area contributed by atoms with Crippen LogP contribution in [0, 0.1) is 0 Å². The summed E-state index contributed by atoms with van der Waals surface area (Å²) in [6, 6.07) is 51.6. The summed E-state index contributed by atoms with van der Waals surface area (Å²) >= 11 is 0. The van der Waals surface area contributed by atoms with E-state index in [1.165, 1.54) is 5.57 Å². The minimum atomic E-state index is 0.562. The first-order valence-electron chi connectivity index (χ1n) is 22.2. The Labute approximate surface area is 386 Å². The second-order valence-corrected chi connectivity index (χ2v) is 16.6. The maximum atomic E-state index is 7.10. The largest absolute Gasteiger partial charge is 0.496 e. The van der Waals surface area contributed by atoms with Gasteiger partial charge in [-0.15, -0.1) is 0 Å². The molecular formula is C61H50N2O3. The van der Waals surface area contributed by atoms with Gasteiger partial charge in [0.25, 0.3) is 0 Å². The van der Waals surface area contributed by atoms with Crippen molar-refractivity contribution in [2.24, 2.45) is 0 Å². The lowest BCUT2D eigenvalue weighted by atomic mass is 9.97. The van der Waals surface area contributed by atoms with Gasteiger partial charge in [0, 0.05) is 67.6 Å². The summed E-state index contributed by atoms with van der Waals surface area (Å²) in [4.78, 5) is 4.60. The van der Waals surface area contributed by atoms with Gasteiger partial charge < -0.3 is 23.7 Å². The maximum absolute atomic E-state index is 7.10. The van der Waals surface area contributed by atoms with Crippen molar-refractivity contribution in [3.63, 3.8) is 0 Å². The lowest BCUT2D eigenvalue weighted by Crippen LogP contribution is -2.11. The first-order valence-corrected chi connectivity index (χ1v) is 22.2. The highest BCUT2D eigenvalue weighted by molar-refractivity contribution is 6.26. The number of fused-ring (bicyclic) bond motifs is 2. The Balaban J connectivity index is 1.21. The molecule has 5 nitrogen and oxygen atoms in total. The molecule has 9 aromatic rings. The summed E-state index contributed by atoms with van der Waals surface area (Å²) in [6.07, 6.45) is 7.81. The van der Waals surface area contributed by atoms with Crippen molar-refractivity contribution < 1.29 is 13.9 Å². The minimum Gasteiger partial charge on any atom is -0.496 e. The molecule has 0 atom stereocenters. The van der Waals surface area contributed by atoms with Gasteiger partial charge in [-0.25, -0.2) is 0 Å². The third-order valence-corrected chi connectivity index (χ3v) is 13.0. The van der Waals surface area contributed by atoms with Crippen molar-refractivity contribution in [1.29, 1.82) is 0 Å². The Kier molecular flexibility index (Phi) is 10.8. The van der Waals surface area contributed by atoms with Crippen LogP contribution in [0.15, 0.2) is 201 Å². The zero-order valence-corrected chi connectivity index (χ0v) is 37.8. The number of ether oxygens (including phenoxy) is 2. The van der Waals surface area contributed by atoms with E-state index in [1.54, 1.807) is 19.3 Å². The molecule has 0 bridgehead atoms. The van der Waals surface area contributed by atoms with Crippen LogP contribution in [0.1, 0.15) is 43.0 Å². The van der Waals surface area contributed by atoms with Crippen molar-refractivity contribution in [1.82, 2.24) is 0 Å². The van der Waals surface area contributed by atoms with Gasteiger partial charge in [0.05, 0.1) is 18.5 Å². The van der Waals surface area contributed by atoms with Gasteiger partial charge in [-0.2, -0.15) is 0 Å². The Bertz CT molecular complexity index is 3510. The smallest absolute Gasteiger partial charge is 0.136 e. The van der Waals surface area contributed by atoms with Crippen molar-refractivity contribution in [3.05, 3.63) is 218 Å². The Morgan fingerprint density at radius 3 is 1.59 bits per heavy atom. The molecule has 0 aliphatic carbocycles. The molecular weight excluding hydrogens is 809 g/mol. The molecule has 1 aromatic heterocycles. The Morgan fingerprint density at radius 2 is 1.09 bits per heavy atom. The highest BCUT2D eigenvalue weighted by Crippen LogP contribution is 2.48. The van der Waals surface area contributed by atoms with E-state index in [4.69, 9.17) is 13.9 Å². The molecule has 322 valence electrons. The van der Waals surface area contributed by atoms with E-state index in [0.717, 1.165) is 128 Å². The first-order chi connectivity index (χ1) is 32.2. The van der Waals surface area contributed by atoms with E-state index in [0.29, 0.717) is 6.61 Å². The molecule has 10 rings (SSSR count). The fourth-order valence-electron chi connectivity index (χ4n) is 9.39. The summed E-state index contributed by atoms with van der Waals surface area (Å²) in [7, 11) is 1.73. The molecule has 8 aromatic carbocycles. The topological polar surface area (TPSA) is 38.1 Å². The summed E-state index contributed by atoms with van der Waals surface area (Å²) < 4.78 is 19.4. The van der Waals surface area contributed by atoms with Gasteiger partial charge in [-0.05, 0) is 138 Å². The zero-order valence-electron chi connectivity index (χ0n) is 37.8. The van der Waals surface area contributed by atoms with Crippen molar-refractivity contribution in [2.75, 3.05) is 23.5 Å². The van der Waals surface area contributed by atoms with Crippen LogP contribution < -0.4 is 19.3 Å². The fraction of sp³-hybridized carbons (Fsp3) is 0.0820. The monoisotopic (exact) mass is 858 g/mol. The third-order valence-electron chi connectivity index (χ3n) is 13.0. The standard InChI is InChI=1S/C61H50N2O3/c1-9-38(5)42-19-23-44(24-20-42)62(46-27-29-48(40(7)11-3)58(35-46)64-8)54-31-33-56-60-50(15-13-17-52(54)60)51-16-14-18-53-55(32-34-57(66-56)61(51)53)63(45-25-21-43(22-26-45)39(6)10-2)47-28-30-49-41(12-4)37-65-59(49)36-47/h9-36H,1-2,5-6,37H2,3-4,7-8H3. The zero-order chi connectivity index (χ0) is 45.6. The van der Waals surface area contributed by atoms with Crippen molar-refractivity contribution >= 4 is 99.9 Å². The van der Waals surface area contributed by atoms with E-state index < -0.39 is 0 Å². The summed E-state index contributed by atoms with van der Waals surface area (Å²) in [6.45, 7) is 23.1. The van der Waals surface area contributed by atoms with Gasteiger partial charge in [-0.3, -0.25) is 0 Å². The third kappa shape index (κ3) is 6.97. The highest BCUT2D eigenvalue weighted by Gasteiger charge is 2.25. The van der Waals surface area contributed by atoms with E-state index in [-0.39, 0.29) is 0 Å². The number of benzene rings is 8. The van der Waals surface area contributed by atoms with Gasteiger partial charge in [0.1, 0.15) is 29.3 Å². The van der Waals surface area contributed by atoms with Crippen molar-refractivity contribution in [2.45, 2.75) is 20.8 Å². The average Bonchev–Trinajstić information content (AvgIpc) is 3.73. The number of nitrogens with zero attached hydrogens (tertiary/aromatic N) is 2. The van der Waals surface area contributed by atoms with E-state index >= 15 is 0 Å². The molecule has 0 fully saturated rings. The number of allylic oxidation sites excluding steroid dienone is 7. The van der Waals surface area contributed by atoms with E-state index in [9.17, 15) is 0 Å². The van der Waals surface area contributed by atoms with Crippen LogP contribution in [0.2, 0.25) is 0 Å². The number of hydrogen-bond acceptors (Lipinski definition) is 5. The molecule has 1 aliphatic heterocycles. The molecule has 0 saturated carbocycles. The maximum Gasteiger partial charge on any atom is 0.136 e. The summed E-state index contributed by atoms with van der Waals surface area (Å²) in [5.74, 6) is 1.67. The predicted molar refractivity (Wildman–Crippen MR) is 282 cm³/mol. The van der Waals surface area contributed by atoms with E-state index in [2.05, 4.69) is 208 Å². The summed E-state index contributed by atoms with van der Waals surface area (Å²) in [5.41, 5.74) is 15.8. The molecule has 5 heteroatoms. The molecule has 1 aliphatic rings. The van der Waals surface area contributed by atoms with Gasteiger partial charge in [0.15, 0.2) is 0 Å². The van der Waals surface area contributed by atoms with Crippen LogP contribution in [0.4, 0.5) is 34.1 Å². The van der Waals surface area contributed by atoms with Crippen LogP contribution >= 0.6 is 0 Å².